The maximum absolute atomic E-state index is 12.5. The van der Waals surface area contributed by atoms with Crippen LogP contribution in [0.2, 0.25) is 5.02 Å². The number of carbonyl (C=O) groups is 2. The van der Waals surface area contributed by atoms with Crippen LogP contribution in [0.15, 0.2) is 36.4 Å². The van der Waals surface area contributed by atoms with Gasteiger partial charge in [0.1, 0.15) is 0 Å². The van der Waals surface area contributed by atoms with Gasteiger partial charge in [0.2, 0.25) is 5.91 Å². The standard InChI is InChI=1S/C16H12ClNO2/c1-9-3-2-4-12(15(9)17)16(20)10-5-6-13-11(7-10)8-14(19)18-13/h2-7H,8H2,1H3,(H,18,19). The van der Waals surface area contributed by atoms with Gasteiger partial charge in [0.15, 0.2) is 5.78 Å². The highest BCUT2D eigenvalue weighted by Gasteiger charge is 2.20. The molecule has 1 amide bonds. The number of benzene rings is 2. The van der Waals surface area contributed by atoms with Crippen molar-refractivity contribution in [1.29, 1.82) is 0 Å². The van der Waals surface area contributed by atoms with Gasteiger partial charge in [-0.2, -0.15) is 0 Å². The lowest BCUT2D eigenvalue weighted by Gasteiger charge is -2.07. The first-order chi connectivity index (χ1) is 9.56. The van der Waals surface area contributed by atoms with Crippen LogP contribution in [-0.4, -0.2) is 11.7 Å². The van der Waals surface area contributed by atoms with Crippen LogP contribution in [-0.2, 0) is 11.2 Å². The summed E-state index contributed by atoms with van der Waals surface area (Å²) in [6.45, 7) is 1.87. The first kappa shape index (κ1) is 12.9. The second kappa shape index (κ2) is 4.76. The number of aryl methyl sites for hydroxylation is 1. The van der Waals surface area contributed by atoms with E-state index in [1.165, 1.54) is 0 Å². The maximum Gasteiger partial charge on any atom is 0.228 e. The summed E-state index contributed by atoms with van der Waals surface area (Å²) >= 11 is 6.19. The van der Waals surface area contributed by atoms with Gasteiger partial charge in [0, 0.05) is 16.8 Å². The Morgan fingerprint density at radius 2 is 2.05 bits per heavy atom. The largest absolute Gasteiger partial charge is 0.326 e. The molecular formula is C16H12ClNO2. The molecule has 3 nitrogen and oxygen atoms in total. The van der Waals surface area contributed by atoms with E-state index in [9.17, 15) is 9.59 Å². The number of rotatable bonds is 2. The molecule has 0 aromatic heterocycles. The summed E-state index contributed by atoms with van der Waals surface area (Å²) in [6.07, 6.45) is 0.317. The Morgan fingerprint density at radius 3 is 2.85 bits per heavy atom. The number of amides is 1. The summed E-state index contributed by atoms with van der Waals surface area (Å²) in [6, 6.07) is 10.6. The lowest BCUT2D eigenvalue weighted by Crippen LogP contribution is -2.03. The lowest BCUT2D eigenvalue weighted by molar-refractivity contribution is -0.115. The van der Waals surface area contributed by atoms with Crippen molar-refractivity contribution >= 4 is 29.0 Å². The summed E-state index contributed by atoms with van der Waals surface area (Å²) in [5.74, 6) is -0.168. The number of hydrogen-bond acceptors (Lipinski definition) is 2. The molecule has 0 atom stereocenters. The Morgan fingerprint density at radius 1 is 1.25 bits per heavy atom. The second-order valence-electron chi connectivity index (χ2n) is 4.86. The molecule has 2 aromatic rings. The highest BCUT2D eigenvalue weighted by molar-refractivity contribution is 6.35. The number of halogens is 1. The molecule has 1 N–H and O–H groups in total. The summed E-state index contributed by atoms with van der Waals surface area (Å²) in [5, 5.41) is 3.23. The van der Waals surface area contributed by atoms with E-state index in [0.29, 0.717) is 22.6 Å². The minimum Gasteiger partial charge on any atom is -0.326 e. The predicted octanol–water partition coefficient (Wildman–Crippen LogP) is 3.37. The van der Waals surface area contributed by atoms with Crippen LogP contribution in [0.25, 0.3) is 0 Å². The molecular weight excluding hydrogens is 274 g/mol. The Balaban J connectivity index is 2.02. The van der Waals surface area contributed by atoms with E-state index in [4.69, 9.17) is 11.6 Å². The highest BCUT2D eigenvalue weighted by atomic mass is 35.5. The van der Waals surface area contributed by atoms with Crippen molar-refractivity contribution in [1.82, 2.24) is 0 Å². The van der Waals surface area contributed by atoms with E-state index >= 15 is 0 Å². The normalized spacial score (nSPS) is 13.0. The number of ketones is 1. The van der Waals surface area contributed by atoms with Crippen molar-refractivity contribution < 1.29 is 9.59 Å². The Kier molecular flexibility index (Phi) is 3.07. The molecule has 0 spiro atoms. The third-order valence-electron chi connectivity index (χ3n) is 3.43. The Labute approximate surface area is 121 Å². The number of hydrogen-bond donors (Lipinski definition) is 1. The van der Waals surface area contributed by atoms with Gasteiger partial charge in [0.25, 0.3) is 0 Å². The number of carbonyl (C=O) groups excluding carboxylic acids is 2. The van der Waals surface area contributed by atoms with Crippen LogP contribution < -0.4 is 5.32 Å². The molecule has 0 aliphatic carbocycles. The second-order valence-corrected chi connectivity index (χ2v) is 5.24. The monoisotopic (exact) mass is 285 g/mol. The molecule has 0 fully saturated rings. The van der Waals surface area contributed by atoms with Gasteiger partial charge < -0.3 is 5.32 Å². The molecule has 3 rings (SSSR count). The fourth-order valence-electron chi connectivity index (χ4n) is 2.35. The molecule has 20 heavy (non-hydrogen) atoms. The fourth-order valence-corrected chi connectivity index (χ4v) is 2.56. The molecule has 0 saturated carbocycles. The van der Waals surface area contributed by atoms with Crippen LogP contribution in [0.4, 0.5) is 5.69 Å². The predicted molar refractivity (Wildman–Crippen MR) is 78.4 cm³/mol. The Bertz CT molecular complexity index is 737. The average molecular weight is 286 g/mol. The van der Waals surface area contributed by atoms with E-state index in [1.54, 1.807) is 24.3 Å². The minimum atomic E-state index is -0.124. The van der Waals surface area contributed by atoms with Crippen LogP contribution in [0.1, 0.15) is 27.0 Å². The van der Waals surface area contributed by atoms with Gasteiger partial charge in [0.05, 0.1) is 11.4 Å². The van der Waals surface area contributed by atoms with Crippen LogP contribution >= 0.6 is 11.6 Å². The molecule has 1 aliphatic rings. The molecule has 1 heterocycles. The zero-order chi connectivity index (χ0) is 14.3. The molecule has 2 aromatic carbocycles. The molecule has 1 aliphatic heterocycles. The quantitative estimate of drug-likeness (QED) is 0.860. The fraction of sp³-hybridized carbons (Fsp3) is 0.125. The van der Waals surface area contributed by atoms with Crippen molar-refractivity contribution in [3.05, 3.63) is 63.7 Å². The number of fused-ring (bicyclic) bond motifs is 1. The van der Waals surface area contributed by atoms with Gasteiger partial charge in [-0.15, -0.1) is 0 Å². The number of nitrogens with one attached hydrogen (secondary N) is 1. The van der Waals surface area contributed by atoms with Gasteiger partial charge in [-0.05, 0) is 42.3 Å². The molecule has 0 radical (unpaired) electrons. The van der Waals surface area contributed by atoms with Crippen molar-refractivity contribution in [2.45, 2.75) is 13.3 Å². The minimum absolute atomic E-state index is 0.0433. The summed E-state index contributed by atoms with van der Waals surface area (Å²) in [5.41, 5.74) is 3.54. The summed E-state index contributed by atoms with van der Waals surface area (Å²) in [7, 11) is 0. The first-order valence-corrected chi connectivity index (χ1v) is 6.66. The highest BCUT2D eigenvalue weighted by Crippen LogP contribution is 2.27. The van der Waals surface area contributed by atoms with Gasteiger partial charge >= 0.3 is 0 Å². The molecule has 100 valence electrons. The van der Waals surface area contributed by atoms with Crippen molar-refractivity contribution in [2.24, 2.45) is 0 Å². The lowest BCUT2D eigenvalue weighted by atomic mass is 9.99. The molecule has 4 heteroatoms. The van der Waals surface area contributed by atoms with E-state index in [1.807, 2.05) is 19.1 Å². The van der Waals surface area contributed by atoms with E-state index in [-0.39, 0.29) is 11.7 Å². The number of anilines is 1. The van der Waals surface area contributed by atoms with Gasteiger partial charge in [-0.3, -0.25) is 9.59 Å². The summed E-state index contributed by atoms with van der Waals surface area (Å²) < 4.78 is 0. The van der Waals surface area contributed by atoms with Crippen molar-refractivity contribution in [3.8, 4) is 0 Å². The third-order valence-corrected chi connectivity index (χ3v) is 3.93. The van der Waals surface area contributed by atoms with Gasteiger partial charge in [-0.1, -0.05) is 23.7 Å². The van der Waals surface area contributed by atoms with E-state index < -0.39 is 0 Å². The molecule has 0 bridgehead atoms. The van der Waals surface area contributed by atoms with Crippen molar-refractivity contribution in [3.63, 3.8) is 0 Å². The summed E-state index contributed by atoms with van der Waals surface area (Å²) in [4.78, 5) is 23.8. The average Bonchev–Trinajstić information content (AvgIpc) is 2.80. The van der Waals surface area contributed by atoms with Crippen LogP contribution in [0.5, 0.6) is 0 Å². The SMILES string of the molecule is Cc1cccc(C(=O)c2ccc3c(c2)CC(=O)N3)c1Cl. The molecule has 0 unspecified atom stereocenters. The van der Waals surface area contributed by atoms with Crippen LogP contribution in [0.3, 0.4) is 0 Å². The van der Waals surface area contributed by atoms with E-state index in [2.05, 4.69) is 5.32 Å². The zero-order valence-corrected chi connectivity index (χ0v) is 11.6. The smallest absolute Gasteiger partial charge is 0.228 e. The first-order valence-electron chi connectivity index (χ1n) is 6.29. The molecule has 0 saturated heterocycles. The zero-order valence-electron chi connectivity index (χ0n) is 10.9. The topological polar surface area (TPSA) is 46.2 Å². The Hall–Kier alpha value is -2.13. The third kappa shape index (κ3) is 2.10. The van der Waals surface area contributed by atoms with Gasteiger partial charge in [-0.25, -0.2) is 0 Å². The van der Waals surface area contributed by atoms with Crippen LogP contribution in [0, 0.1) is 6.92 Å². The van der Waals surface area contributed by atoms with Crippen molar-refractivity contribution in [2.75, 3.05) is 5.32 Å². The van der Waals surface area contributed by atoms with E-state index in [0.717, 1.165) is 16.8 Å². The maximum atomic E-state index is 12.5.